The van der Waals surface area contributed by atoms with Crippen molar-refractivity contribution in [2.24, 2.45) is 0 Å². The molecule has 1 heterocycles. The summed E-state index contributed by atoms with van der Waals surface area (Å²) in [5.41, 5.74) is 1.72. The van der Waals surface area contributed by atoms with Crippen LogP contribution in [0.1, 0.15) is 46.1 Å². The standard InChI is InChI=1S/C18H27N3O2/c1-12-8-9-13(2)21(12)14(3)18(23)19-11-16-6-5-7-17(10-16)20-15(4)22/h5-7,10,12-14H,8-9,11H2,1-4H3,(H,19,23)(H,20,22)/t12-,13-,14+/m1/s1. The monoisotopic (exact) mass is 317 g/mol. The third-order valence-corrected chi connectivity index (χ3v) is 4.56. The van der Waals surface area contributed by atoms with Crippen molar-refractivity contribution in [3.8, 4) is 0 Å². The highest BCUT2D eigenvalue weighted by atomic mass is 16.2. The predicted octanol–water partition coefficient (Wildman–Crippen LogP) is 2.52. The number of hydrogen-bond donors (Lipinski definition) is 2. The zero-order valence-electron chi connectivity index (χ0n) is 14.4. The van der Waals surface area contributed by atoms with Gasteiger partial charge in [-0.25, -0.2) is 0 Å². The van der Waals surface area contributed by atoms with Gasteiger partial charge in [-0.2, -0.15) is 0 Å². The van der Waals surface area contributed by atoms with Crippen molar-refractivity contribution < 1.29 is 9.59 Å². The van der Waals surface area contributed by atoms with E-state index in [0.29, 0.717) is 18.6 Å². The van der Waals surface area contributed by atoms with E-state index in [1.54, 1.807) is 0 Å². The zero-order chi connectivity index (χ0) is 17.0. The van der Waals surface area contributed by atoms with E-state index in [0.717, 1.165) is 24.1 Å². The second-order valence-corrected chi connectivity index (χ2v) is 6.50. The number of hydrogen-bond acceptors (Lipinski definition) is 3. The molecule has 0 unspecified atom stereocenters. The molecule has 5 nitrogen and oxygen atoms in total. The highest BCUT2D eigenvalue weighted by molar-refractivity contribution is 5.88. The topological polar surface area (TPSA) is 61.4 Å². The molecule has 1 fully saturated rings. The van der Waals surface area contributed by atoms with Crippen LogP contribution >= 0.6 is 0 Å². The largest absolute Gasteiger partial charge is 0.351 e. The third kappa shape index (κ3) is 4.55. The van der Waals surface area contributed by atoms with E-state index < -0.39 is 0 Å². The van der Waals surface area contributed by atoms with E-state index in [2.05, 4.69) is 29.4 Å². The number of rotatable bonds is 5. The van der Waals surface area contributed by atoms with Crippen LogP contribution in [0, 0.1) is 0 Å². The Morgan fingerprint density at radius 3 is 2.52 bits per heavy atom. The third-order valence-electron chi connectivity index (χ3n) is 4.56. The van der Waals surface area contributed by atoms with Gasteiger partial charge in [-0.3, -0.25) is 14.5 Å². The van der Waals surface area contributed by atoms with Gasteiger partial charge in [0.2, 0.25) is 11.8 Å². The van der Waals surface area contributed by atoms with E-state index in [9.17, 15) is 9.59 Å². The first-order chi connectivity index (χ1) is 10.9. The van der Waals surface area contributed by atoms with Crippen molar-refractivity contribution in [3.63, 3.8) is 0 Å². The first kappa shape index (κ1) is 17.5. The lowest BCUT2D eigenvalue weighted by Crippen LogP contribution is -2.48. The molecular weight excluding hydrogens is 290 g/mol. The van der Waals surface area contributed by atoms with Crippen molar-refractivity contribution in [3.05, 3.63) is 29.8 Å². The van der Waals surface area contributed by atoms with Crippen LogP contribution < -0.4 is 10.6 Å². The summed E-state index contributed by atoms with van der Waals surface area (Å²) in [6.07, 6.45) is 2.30. The Morgan fingerprint density at radius 1 is 1.26 bits per heavy atom. The minimum Gasteiger partial charge on any atom is -0.351 e. The summed E-state index contributed by atoms with van der Waals surface area (Å²) in [5, 5.41) is 5.76. The number of nitrogens with one attached hydrogen (secondary N) is 2. The van der Waals surface area contributed by atoms with Gasteiger partial charge < -0.3 is 10.6 Å². The molecule has 0 bridgehead atoms. The van der Waals surface area contributed by atoms with Gasteiger partial charge in [-0.1, -0.05) is 12.1 Å². The summed E-state index contributed by atoms with van der Waals surface area (Å²) in [6, 6.07) is 8.32. The molecule has 0 spiro atoms. The molecule has 5 heteroatoms. The van der Waals surface area contributed by atoms with Crippen molar-refractivity contribution in [1.29, 1.82) is 0 Å². The fraction of sp³-hybridized carbons (Fsp3) is 0.556. The molecule has 0 saturated carbocycles. The molecule has 2 N–H and O–H groups in total. The van der Waals surface area contributed by atoms with Gasteiger partial charge in [0.25, 0.3) is 0 Å². The van der Waals surface area contributed by atoms with Gasteiger partial charge >= 0.3 is 0 Å². The molecule has 1 aromatic carbocycles. The Hall–Kier alpha value is -1.88. The second kappa shape index (κ2) is 7.59. The fourth-order valence-corrected chi connectivity index (χ4v) is 3.41. The Kier molecular flexibility index (Phi) is 5.77. The molecule has 3 atom stereocenters. The first-order valence-corrected chi connectivity index (χ1v) is 8.30. The molecule has 23 heavy (non-hydrogen) atoms. The fourth-order valence-electron chi connectivity index (χ4n) is 3.41. The predicted molar refractivity (Wildman–Crippen MR) is 92.1 cm³/mol. The lowest BCUT2D eigenvalue weighted by Gasteiger charge is -2.31. The number of benzene rings is 1. The molecule has 1 aliphatic rings. The molecule has 0 radical (unpaired) electrons. The molecule has 0 aromatic heterocycles. The van der Waals surface area contributed by atoms with Crippen LogP contribution in [0.2, 0.25) is 0 Å². The Morgan fingerprint density at radius 2 is 1.91 bits per heavy atom. The maximum Gasteiger partial charge on any atom is 0.237 e. The van der Waals surface area contributed by atoms with Gasteiger partial charge in [0.15, 0.2) is 0 Å². The highest BCUT2D eigenvalue weighted by Gasteiger charge is 2.34. The highest BCUT2D eigenvalue weighted by Crippen LogP contribution is 2.25. The Labute approximate surface area is 138 Å². The van der Waals surface area contributed by atoms with E-state index in [4.69, 9.17) is 0 Å². The van der Waals surface area contributed by atoms with Crippen LogP contribution in [0.3, 0.4) is 0 Å². The average molecular weight is 317 g/mol. The minimum atomic E-state index is -0.124. The summed E-state index contributed by atoms with van der Waals surface area (Å²) in [5.74, 6) is -0.0488. The minimum absolute atomic E-state index is 0.0514. The lowest BCUT2D eigenvalue weighted by atomic mass is 10.1. The SMILES string of the molecule is CC(=O)Nc1cccc(CNC(=O)[C@H](C)N2[C@H](C)CC[C@H]2C)c1. The van der Waals surface area contributed by atoms with Gasteiger partial charge in [0.1, 0.15) is 0 Å². The molecule has 0 aliphatic carbocycles. The molecule has 1 aliphatic heterocycles. The van der Waals surface area contributed by atoms with Gasteiger partial charge in [0, 0.05) is 31.2 Å². The van der Waals surface area contributed by atoms with Gasteiger partial charge in [0.05, 0.1) is 6.04 Å². The van der Waals surface area contributed by atoms with Gasteiger partial charge in [-0.05, 0) is 51.3 Å². The van der Waals surface area contributed by atoms with Crippen molar-refractivity contribution in [2.45, 2.75) is 65.2 Å². The molecule has 126 valence electrons. The quantitative estimate of drug-likeness (QED) is 0.877. The van der Waals surface area contributed by atoms with Crippen molar-refractivity contribution >= 4 is 17.5 Å². The lowest BCUT2D eigenvalue weighted by molar-refractivity contribution is -0.127. The normalized spacial score (nSPS) is 22.6. The molecule has 2 rings (SSSR count). The summed E-state index contributed by atoms with van der Waals surface area (Å²) in [7, 11) is 0. The molecule has 1 saturated heterocycles. The average Bonchev–Trinajstić information content (AvgIpc) is 2.83. The Balaban J connectivity index is 1.92. The van der Waals surface area contributed by atoms with Crippen LogP contribution in [0.25, 0.3) is 0 Å². The van der Waals surface area contributed by atoms with Crippen molar-refractivity contribution in [1.82, 2.24) is 10.2 Å². The molecule has 1 aromatic rings. The number of nitrogens with zero attached hydrogens (tertiary/aromatic N) is 1. The van der Waals surface area contributed by atoms with Crippen LogP contribution in [0.5, 0.6) is 0 Å². The zero-order valence-corrected chi connectivity index (χ0v) is 14.4. The first-order valence-electron chi connectivity index (χ1n) is 8.30. The summed E-state index contributed by atoms with van der Waals surface area (Å²) in [4.78, 5) is 25.8. The second-order valence-electron chi connectivity index (χ2n) is 6.50. The molecule has 2 amide bonds. The van der Waals surface area contributed by atoms with Crippen LogP contribution in [-0.4, -0.2) is 34.8 Å². The number of anilines is 1. The number of carbonyl (C=O) groups is 2. The van der Waals surface area contributed by atoms with Gasteiger partial charge in [-0.15, -0.1) is 0 Å². The van der Waals surface area contributed by atoms with Crippen LogP contribution in [0.4, 0.5) is 5.69 Å². The summed E-state index contributed by atoms with van der Waals surface area (Å²) >= 11 is 0. The van der Waals surface area contributed by atoms with E-state index in [1.807, 2.05) is 31.2 Å². The van der Waals surface area contributed by atoms with Crippen LogP contribution in [-0.2, 0) is 16.1 Å². The maximum absolute atomic E-state index is 12.4. The summed E-state index contributed by atoms with van der Waals surface area (Å²) < 4.78 is 0. The molecular formula is C18H27N3O2. The van der Waals surface area contributed by atoms with E-state index in [-0.39, 0.29) is 17.9 Å². The van der Waals surface area contributed by atoms with Crippen LogP contribution in [0.15, 0.2) is 24.3 Å². The Bertz CT molecular complexity index is 563. The maximum atomic E-state index is 12.4. The smallest absolute Gasteiger partial charge is 0.237 e. The number of likely N-dealkylation sites (tertiary alicyclic amines) is 1. The number of amides is 2. The number of carbonyl (C=O) groups excluding carboxylic acids is 2. The van der Waals surface area contributed by atoms with Crippen molar-refractivity contribution in [2.75, 3.05) is 5.32 Å². The van der Waals surface area contributed by atoms with E-state index in [1.165, 1.54) is 6.92 Å². The summed E-state index contributed by atoms with van der Waals surface area (Å²) in [6.45, 7) is 8.29. The van der Waals surface area contributed by atoms with E-state index >= 15 is 0 Å².